The van der Waals surface area contributed by atoms with Crippen LogP contribution < -0.4 is 4.90 Å². The molecule has 0 aliphatic carbocycles. The zero-order valence-electron chi connectivity index (χ0n) is 15.5. The normalized spacial score (nSPS) is 22.1. The average molecular weight is 331 g/mol. The zero-order valence-corrected chi connectivity index (χ0v) is 15.5. The second-order valence-corrected chi connectivity index (χ2v) is 7.74. The fraction of sp³-hybridized carbons (Fsp3) is 0.667. The lowest BCUT2D eigenvalue weighted by molar-refractivity contribution is 0.00343. The van der Waals surface area contributed by atoms with E-state index in [0.717, 1.165) is 42.2 Å². The molecule has 1 aliphatic rings. The van der Waals surface area contributed by atoms with Crippen molar-refractivity contribution in [1.82, 2.24) is 19.5 Å². The van der Waals surface area contributed by atoms with E-state index in [1.165, 1.54) is 0 Å². The van der Waals surface area contributed by atoms with Crippen LogP contribution in [0.3, 0.4) is 0 Å². The predicted molar refractivity (Wildman–Crippen MR) is 96.8 cm³/mol. The predicted octanol–water partition coefficient (Wildman–Crippen LogP) is 2.05. The third-order valence-electron chi connectivity index (χ3n) is 4.63. The van der Waals surface area contributed by atoms with E-state index in [9.17, 15) is 5.11 Å². The Balaban J connectivity index is 2.01. The molecule has 6 heteroatoms. The van der Waals surface area contributed by atoms with Crippen LogP contribution in [-0.4, -0.2) is 63.9 Å². The van der Waals surface area contributed by atoms with Crippen molar-refractivity contribution in [3.63, 3.8) is 0 Å². The monoisotopic (exact) mass is 331 g/mol. The summed E-state index contributed by atoms with van der Waals surface area (Å²) < 4.78 is 1.92. The number of β-amino-alcohol motifs (C(OH)–C–C–N with tert-alkyl or cyclic N) is 1. The van der Waals surface area contributed by atoms with Crippen molar-refractivity contribution in [2.75, 3.05) is 38.6 Å². The van der Waals surface area contributed by atoms with Crippen LogP contribution in [0.2, 0.25) is 0 Å². The molecule has 1 atom stereocenters. The summed E-state index contributed by atoms with van der Waals surface area (Å²) in [6.07, 6.45) is 1.82. The van der Waals surface area contributed by atoms with E-state index in [2.05, 4.69) is 34.8 Å². The van der Waals surface area contributed by atoms with Gasteiger partial charge in [-0.2, -0.15) is 9.61 Å². The average Bonchev–Trinajstić information content (AvgIpc) is 2.84. The summed E-state index contributed by atoms with van der Waals surface area (Å²) >= 11 is 0. The molecule has 0 bridgehead atoms. The summed E-state index contributed by atoms with van der Waals surface area (Å²) in [4.78, 5) is 9.06. The lowest BCUT2D eigenvalue weighted by Gasteiger charge is -2.41. The number of aliphatic hydroxyl groups is 1. The van der Waals surface area contributed by atoms with Gasteiger partial charge in [0.2, 0.25) is 0 Å². The van der Waals surface area contributed by atoms with Crippen LogP contribution in [0.15, 0.2) is 12.1 Å². The fourth-order valence-corrected chi connectivity index (χ4v) is 3.64. The second-order valence-electron chi connectivity index (χ2n) is 7.74. The summed E-state index contributed by atoms with van der Waals surface area (Å²) in [6.45, 7) is 8.54. The maximum absolute atomic E-state index is 11.0. The Bertz CT molecular complexity index is 724. The molecule has 1 saturated heterocycles. The molecule has 1 unspecified atom stereocenters. The Hall–Kier alpha value is -1.66. The maximum atomic E-state index is 11.0. The first-order chi connectivity index (χ1) is 11.3. The SMILES string of the molecule is Cc1cc2nc(C(C)C)cc(N3CCCC(O)(CN(C)C)C3)n2n1. The third-order valence-corrected chi connectivity index (χ3v) is 4.63. The Morgan fingerprint density at radius 2 is 2.08 bits per heavy atom. The highest BCUT2D eigenvalue weighted by molar-refractivity contribution is 5.53. The van der Waals surface area contributed by atoms with Gasteiger partial charge < -0.3 is 14.9 Å². The first-order valence-electron chi connectivity index (χ1n) is 8.77. The van der Waals surface area contributed by atoms with E-state index in [-0.39, 0.29) is 0 Å². The van der Waals surface area contributed by atoms with E-state index >= 15 is 0 Å². The molecule has 1 N–H and O–H groups in total. The molecule has 0 amide bonds. The number of nitrogens with zero attached hydrogens (tertiary/aromatic N) is 5. The lowest BCUT2D eigenvalue weighted by atomic mass is 9.92. The van der Waals surface area contributed by atoms with E-state index < -0.39 is 5.60 Å². The van der Waals surface area contributed by atoms with Gasteiger partial charge in [0, 0.05) is 37.5 Å². The van der Waals surface area contributed by atoms with Gasteiger partial charge in [-0.3, -0.25) is 0 Å². The topological polar surface area (TPSA) is 56.9 Å². The summed E-state index contributed by atoms with van der Waals surface area (Å²) in [5.74, 6) is 1.39. The molecule has 0 saturated carbocycles. The quantitative estimate of drug-likeness (QED) is 0.929. The van der Waals surface area contributed by atoms with Gasteiger partial charge in [-0.05, 0) is 39.8 Å². The van der Waals surface area contributed by atoms with Crippen LogP contribution in [-0.2, 0) is 0 Å². The summed E-state index contributed by atoms with van der Waals surface area (Å²) in [5, 5.41) is 15.6. The molecule has 24 heavy (non-hydrogen) atoms. The first-order valence-corrected chi connectivity index (χ1v) is 8.77. The maximum Gasteiger partial charge on any atom is 0.157 e. The van der Waals surface area contributed by atoms with Crippen LogP contribution in [0.1, 0.15) is 44.0 Å². The van der Waals surface area contributed by atoms with Crippen LogP contribution >= 0.6 is 0 Å². The van der Waals surface area contributed by atoms with Gasteiger partial charge in [0.15, 0.2) is 5.65 Å². The molecule has 0 radical (unpaired) electrons. The molecule has 3 heterocycles. The van der Waals surface area contributed by atoms with Crippen molar-refractivity contribution in [2.45, 2.75) is 45.1 Å². The first kappa shape index (κ1) is 17.2. The van der Waals surface area contributed by atoms with Gasteiger partial charge >= 0.3 is 0 Å². The molecular formula is C18H29N5O. The Morgan fingerprint density at radius 3 is 2.75 bits per heavy atom. The fourth-order valence-electron chi connectivity index (χ4n) is 3.64. The highest BCUT2D eigenvalue weighted by atomic mass is 16.3. The number of hydrogen-bond acceptors (Lipinski definition) is 5. The van der Waals surface area contributed by atoms with Crippen LogP contribution in [0.5, 0.6) is 0 Å². The second kappa shape index (κ2) is 6.33. The summed E-state index contributed by atoms with van der Waals surface area (Å²) in [6, 6.07) is 4.15. The van der Waals surface area contributed by atoms with E-state index in [1.54, 1.807) is 0 Å². The molecule has 2 aromatic heterocycles. The van der Waals surface area contributed by atoms with Crippen molar-refractivity contribution in [2.24, 2.45) is 0 Å². The van der Waals surface area contributed by atoms with Gasteiger partial charge in [-0.25, -0.2) is 4.98 Å². The van der Waals surface area contributed by atoms with Gasteiger partial charge in [0.05, 0.1) is 11.3 Å². The Morgan fingerprint density at radius 1 is 1.33 bits per heavy atom. The number of piperidine rings is 1. The number of anilines is 1. The molecule has 0 spiro atoms. The van der Waals surface area contributed by atoms with Gasteiger partial charge in [0.1, 0.15) is 5.82 Å². The lowest BCUT2D eigenvalue weighted by Crippen LogP contribution is -2.53. The number of likely N-dealkylation sites (N-methyl/N-ethyl adjacent to an activating group) is 1. The number of fused-ring (bicyclic) bond motifs is 1. The smallest absolute Gasteiger partial charge is 0.157 e. The largest absolute Gasteiger partial charge is 0.387 e. The molecule has 1 aliphatic heterocycles. The molecule has 6 nitrogen and oxygen atoms in total. The van der Waals surface area contributed by atoms with Crippen molar-refractivity contribution < 1.29 is 5.11 Å². The van der Waals surface area contributed by atoms with E-state index in [0.29, 0.717) is 19.0 Å². The third kappa shape index (κ3) is 3.39. The van der Waals surface area contributed by atoms with E-state index in [4.69, 9.17) is 4.98 Å². The minimum atomic E-state index is -0.683. The number of aryl methyl sites for hydroxylation is 1. The van der Waals surface area contributed by atoms with Crippen molar-refractivity contribution in [3.8, 4) is 0 Å². The highest BCUT2D eigenvalue weighted by Gasteiger charge is 2.35. The molecular weight excluding hydrogens is 302 g/mol. The Labute approximate surface area is 144 Å². The molecule has 2 aromatic rings. The summed E-state index contributed by atoms with van der Waals surface area (Å²) in [5.41, 5.74) is 2.23. The van der Waals surface area contributed by atoms with Crippen LogP contribution in [0, 0.1) is 6.92 Å². The zero-order chi connectivity index (χ0) is 17.5. The minimum Gasteiger partial charge on any atom is -0.387 e. The standard InChI is InChI=1S/C18H29N5O/c1-13(2)15-10-17(23-16(19-15)9-14(3)20-23)22-8-6-7-18(24,12-22)11-21(4)5/h9-10,13,24H,6-8,11-12H2,1-5H3. The molecule has 0 aromatic carbocycles. The highest BCUT2D eigenvalue weighted by Crippen LogP contribution is 2.29. The van der Waals surface area contributed by atoms with Crippen molar-refractivity contribution >= 4 is 11.5 Å². The molecule has 1 fully saturated rings. The Kier molecular flexibility index (Phi) is 4.53. The van der Waals surface area contributed by atoms with E-state index in [1.807, 2.05) is 31.6 Å². The molecule has 3 rings (SSSR count). The number of rotatable bonds is 4. The molecule has 132 valence electrons. The minimum absolute atomic E-state index is 0.356. The van der Waals surface area contributed by atoms with Crippen LogP contribution in [0.4, 0.5) is 5.82 Å². The summed E-state index contributed by atoms with van der Waals surface area (Å²) in [7, 11) is 4.02. The van der Waals surface area contributed by atoms with Crippen molar-refractivity contribution in [1.29, 1.82) is 0 Å². The van der Waals surface area contributed by atoms with Gasteiger partial charge in [-0.15, -0.1) is 0 Å². The number of aromatic nitrogens is 3. The van der Waals surface area contributed by atoms with Crippen LogP contribution in [0.25, 0.3) is 5.65 Å². The van der Waals surface area contributed by atoms with Crippen molar-refractivity contribution in [3.05, 3.63) is 23.5 Å². The van der Waals surface area contributed by atoms with Gasteiger partial charge in [-0.1, -0.05) is 13.8 Å². The van der Waals surface area contributed by atoms with Gasteiger partial charge in [0.25, 0.3) is 0 Å². The number of hydrogen-bond donors (Lipinski definition) is 1.